The van der Waals surface area contributed by atoms with E-state index in [0.717, 1.165) is 11.1 Å². The van der Waals surface area contributed by atoms with E-state index >= 15 is 0 Å². The SMILES string of the molecule is CCNC(=O)C1C(c2cccc(NC(=O)C(C)C)c2)OC(=O)N1Cc1ccc(C)cc1. The van der Waals surface area contributed by atoms with Crippen LogP contribution in [0.2, 0.25) is 0 Å². The Balaban J connectivity index is 1.90. The smallest absolute Gasteiger partial charge is 0.411 e. The molecule has 2 aromatic carbocycles. The van der Waals surface area contributed by atoms with Crippen LogP contribution in [0, 0.1) is 12.8 Å². The summed E-state index contributed by atoms with van der Waals surface area (Å²) < 4.78 is 5.66. The monoisotopic (exact) mass is 423 g/mol. The lowest BCUT2D eigenvalue weighted by Crippen LogP contribution is -2.46. The number of amides is 3. The van der Waals surface area contributed by atoms with Crippen LogP contribution in [0.4, 0.5) is 10.5 Å². The number of aryl methyl sites for hydroxylation is 1. The largest absolute Gasteiger partial charge is 0.438 e. The van der Waals surface area contributed by atoms with Crippen molar-refractivity contribution < 1.29 is 19.1 Å². The number of hydrogen-bond donors (Lipinski definition) is 2. The molecule has 2 N–H and O–H groups in total. The average molecular weight is 424 g/mol. The zero-order chi connectivity index (χ0) is 22.5. The summed E-state index contributed by atoms with van der Waals surface area (Å²) in [5, 5.41) is 5.66. The minimum atomic E-state index is -0.815. The number of anilines is 1. The molecule has 1 saturated heterocycles. The number of carbonyl (C=O) groups is 3. The Hall–Kier alpha value is -3.35. The molecule has 2 aromatic rings. The highest BCUT2D eigenvalue weighted by Crippen LogP contribution is 2.35. The number of ether oxygens (including phenoxy) is 1. The fraction of sp³-hybridized carbons (Fsp3) is 0.375. The van der Waals surface area contributed by atoms with Crippen LogP contribution in [0.3, 0.4) is 0 Å². The van der Waals surface area contributed by atoms with Crippen molar-refractivity contribution in [3.8, 4) is 0 Å². The van der Waals surface area contributed by atoms with Gasteiger partial charge >= 0.3 is 6.09 Å². The minimum Gasteiger partial charge on any atom is -0.438 e. The van der Waals surface area contributed by atoms with Gasteiger partial charge in [-0.2, -0.15) is 0 Å². The van der Waals surface area contributed by atoms with Crippen LogP contribution in [0.5, 0.6) is 0 Å². The molecule has 1 aliphatic rings. The molecule has 0 radical (unpaired) electrons. The molecule has 7 nitrogen and oxygen atoms in total. The molecule has 0 aromatic heterocycles. The molecule has 0 aliphatic carbocycles. The van der Waals surface area contributed by atoms with Gasteiger partial charge in [-0.05, 0) is 37.1 Å². The van der Waals surface area contributed by atoms with E-state index < -0.39 is 18.2 Å². The molecule has 7 heteroatoms. The second-order valence-corrected chi connectivity index (χ2v) is 8.03. The van der Waals surface area contributed by atoms with Crippen molar-refractivity contribution in [1.29, 1.82) is 0 Å². The van der Waals surface area contributed by atoms with E-state index in [1.807, 2.05) is 52.0 Å². The van der Waals surface area contributed by atoms with Crippen molar-refractivity contribution in [2.45, 2.75) is 46.4 Å². The predicted octanol–water partition coefficient (Wildman–Crippen LogP) is 3.79. The van der Waals surface area contributed by atoms with Crippen LogP contribution in [0.1, 0.15) is 43.6 Å². The van der Waals surface area contributed by atoms with Crippen molar-refractivity contribution in [1.82, 2.24) is 10.2 Å². The van der Waals surface area contributed by atoms with Gasteiger partial charge in [0.25, 0.3) is 0 Å². The third-order valence-electron chi connectivity index (χ3n) is 5.19. The number of nitrogens with zero attached hydrogens (tertiary/aromatic N) is 1. The number of benzene rings is 2. The molecule has 3 rings (SSSR count). The van der Waals surface area contributed by atoms with Gasteiger partial charge in [-0.25, -0.2) is 4.79 Å². The molecule has 1 heterocycles. The molecular formula is C24H29N3O4. The highest BCUT2D eigenvalue weighted by Gasteiger charge is 2.46. The molecule has 164 valence electrons. The van der Waals surface area contributed by atoms with Gasteiger partial charge in [0.1, 0.15) is 0 Å². The van der Waals surface area contributed by atoms with E-state index in [0.29, 0.717) is 17.8 Å². The van der Waals surface area contributed by atoms with Crippen LogP contribution < -0.4 is 10.6 Å². The van der Waals surface area contributed by atoms with Gasteiger partial charge in [0, 0.05) is 18.2 Å². The number of nitrogens with one attached hydrogen (secondary N) is 2. The van der Waals surface area contributed by atoms with E-state index in [9.17, 15) is 14.4 Å². The second-order valence-electron chi connectivity index (χ2n) is 8.03. The zero-order valence-corrected chi connectivity index (χ0v) is 18.3. The van der Waals surface area contributed by atoms with Crippen molar-refractivity contribution >= 4 is 23.6 Å². The maximum atomic E-state index is 12.9. The van der Waals surface area contributed by atoms with Gasteiger partial charge in [0.15, 0.2) is 12.1 Å². The maximum Gasteiger partial charge on any atom is 0.411 e. The number of hydrogen-bond acceptors (Lipinski definition) is 4. The molecule has 2 unspecified atom stereocenters. The summed E-state index contributed by atoms with van der Waals surface area (Å²) in [6.07, 6.45) is -1.32. The molecule has 1 aliphatic heterocycles. The summed E-state index contributed by atoms with van der Waals surface area (Å²) in [5.74, 6) is -0.551. The summed E-state index contributed by atoms with van der Waals surface area (Å²) in [6.45, 7) is 8.15. The second kappa shape index (κ2) is 9.64. The van der Waals surface area contributed by atoms with Crippen LogP contribution in [0.25, 0.3) is 0 Å². The third kappa shape index (κ3) is 5.23. The lowest BCUT2D eigenvalue weighted by Gasteiger charge is -2.24. The Morgan fingerprint density at radius 2 is 1.84 bits per heavy atom. The molecule has 0 bridgehead atoms. The zero-order valence-electron chi connectivity index (χ0n) is 18.3. The minimum absolute atomic E-state index is 0.109. The standard InChI is InChI=1S/C24H29N3O4/c1-5-25-23(29)20-21(18-7-6-8-19(13-18)26-22(28)15(2)3)31-24(30)27(20)14-17-11-9-16(4)10-12-17/h6-13,15,20-21H,5,14H2,1-4H3,(H,25,29)(H,26,28). The molecule has 1 fully saturated rings. The molecule has 3 amide bonds. The van der Waals surface area contributed by atoms with E-state index in [4.69, 9.17) is 4.74 Å². The topological polar surface area (TPSA) is 87.7 Å². The summed E-state index contributed by atoms with van der Waals surface area (Å²) in [7, 11) is 0. The first-order chi connectivity index (χ1) is 14.8. The van der Waals surface area contributed by atoms with Crippen LogP contribution in [0.15, 0.2) is 48.5 Å². The van der Waals surface area contributed by atoms with Gasteiger partial charge < -0.3 is 15.4 Å². The van der Waals surface area contributed by atoms with E-state index in [2.05, 4.69) is 10.6 Å². The first-order valence-corrected chi connectivity index (χ1v) is 10.5. The summed E-state index contributed by atoms with van der Waals surface area (Å²) >= 11 is 0. The quantitative estimate of drug-likeness (QED) is 0.709. The Labute approximate surface area is 182 Å². The Bertz CT molecular complexity index is 956. The van der Waals surface area contributed by atoms with Gasteiger partial charge in [-0.1, -0.05) is 55.8 Å². The van der Waals surface area contributed by atoms with E-state index in [-0.39, 0.29) is 24.3 Å². The maximum absolute atomic E-state index is 12.9. The lowest BCUT2D eigenvalue weighted by molar-refractivity contribution is -0.126. The fourth-order valence-electron chi connectivity index (χ4n) is 3.46. The van der Waals surface area contributed by atoms with Gasteiger partial charge in [0.05, 0.1) is 6.54 Å². The third-order valence-corrected chi connectivity index (χ3v) is 5.19. The Morgan fingerprint density at radius 3 is 2.48 bits per heavy atom. The first-order valence-electron chi connectivity index (χ1n) is 10.5. The highest BCUT2D eigenvalue weighted by atomic mass is 16.6. The summed E-state index contributed by atoms with van der Waals surface area (Å²) in [6, 6.07) is 14.1. The fourth-order valence-corrected chi connectivity index (χ4v) is 3.46. The number of likely N-dealkylation sites (N-methyl/N-ethyl adjacent to an activating group) is 1. The van der Waals surface area contributed by atoms with Crippen molar-refractivity contribution in [3.63, 3.8) is 0 Å². The van der Waals surface area contributed by atoms with Crippen molar-refractivity contribution in [2.24, 2.45) is 5.92 Å². The molecule has 2 atom stereocenters. The van der Waals surface area contributed by atoms with E-state index in [1.165, 1.54) is 4.90 Å². The molecule has 31 heavy (non-hydrogen) atoms. The van der Waals surface area contributed by atoms with Gasteiger partial charge in [-0.3, -0.25) is 14.5 Å². The summed E-state index contributed by atoms with van der Waals surface area (Å²) in [5.41, 5.74) is 3.28. The van der Waals surface area contributed by atoms with Gasteiger partial charge in [0.2, 0.25) is 11.8 Å². The van der Waals surface area contributed by atoms with Crippen LogP contribution >= 0.6 is 0 Å². The Kier molecular flexibility index (Phi) is 6.95. The molecule has 0 saturated carbocycles. The Morgan fingerprint density at radius 1 is 1.13 bits per heavy atom. The van der Waals surface area contributed by atoms with E-state index in [1.54, 1.807) is 24.3 Å². The average Bonchev–Trinajstić information content (AvgIpc) is 3.06. The first kappa shape index (κ1) is 22.3. The highest BCUT2D eigenvalue weighted by molar-refractivity contribution is 5.92. The number of rotatable bonds is 7. The van der Waals surface area contributed by atoms with Crippen molar-refractivity contribution in [3.05, 3.63) is 65.2 Å². The van der Waals surface area contributed by atoms with Gasteiger partial charge in [-0.15, -0.1) is 0 Å². The van der Waals surface area contributed by atoms with Crippen LogP contribution in [-0.4, -0.2) is 35.4 Å². The van der Waals surface area contributed by atoms with Crippen LogP contribution in [-0.2, 0) is 20.9 Å². The molecular weight excluding hydrogens is 394 g/mol. The normalized spacial score (nSPS) is 18.1. The lowest BCUT2D eigenvalue weighted by atomic mass is 10.00. The molecule has 0 spiro atoms. The van der Waals surface area contributed by atoms with Crippen molar-refractivity contribution in [2.75, 3.05) is 11.9 Å². The number of carbonyl (C=O) groups excluding carboxylic acids is 3. The summed E-state index contributed by atoms with van der Waals surface area (Å²) in [4.78, 5) is 39.2. The predicted molar refractivity (Wildman–Crippen MR) is 118 cm³/mol. The number of cyclic esters (lactones) is 1.